The van der Waals surface area contributed by atoms with Gasteiger partial charge in [0.05, 0.1) is 18.6 Å². The van der Waals surface area contributed by atoms with Crippen LogP contribution in [0.2, 0.25) is 0 Å². The third-order valence-corrected chi connectivity index (χ3v) is 7.40. The molecule has 0 saturated carbocycles. The van der Waals surface area contributed by atoms with Crippen molar-refractivity contribution in [3.05, 3.63) is 65.7 Å². The van der Waals surface area contributed by atoms with Crippen LogP contribution >= 0.6 is 0 Å². The Balaban J connectivity index is 1.55. The average molecular weight is 387 g/mol. The fourth-order valence-electron chi connectivity index (χ4n) is 4.36. The molecule has 0 radical (unpaired) electrons. The Hall–Kier alpha value is -1.89. The normalized spacial score (nSPS) is 25.2. The number of para-hydroxylation sites is 1. The van der Waals surface area contributed by atoms with Gasteiger partial charge < -0.3 is 4.74 Å². The lowest BCUT2D eigenvalue weighted by Crippen LogP contribution is -2.58. The van der Waals surface area contributed by atoms with Crippen LogP contribution in [0.3, 0.4) is 0 Å². The van der Waals surface area contributed by atoms with Crippen LogP contribution in [-0.4, -0.2) is 62.0 Å². The number of rotatable bonds is 5. The summed E-state index contributed by atoms with van der Waals surface area (Å²) in [5.74, 6) is 1.37. The van der Waals surface area contributed by atoms with Gasteiger partial charge in [-0.05, 0) is 11.6 Å². The van der Waals surface area contributed by atoms with E-state index in [0.717, 1.165) is 37.5 Å². The van der Waals surface area contributed by atoms with Gasteiger partial charge in [0.15, 0.2) is 9.84 Å². The van der Waals surface area contributed by atoms with E-state index in [-0.39, 0.29) is 23.6 Å². The maximum absolute atomic E-state index is 12.4. The van der Waals surface area contributed by atoms with Gasteiger partial charge in [-0.15, -0.1) is 0 Å². The lowest BCUT2D eigenvalue weighted by Gasteiger charge is -2.44. The first-order valence-corrected chi connectivity index (χ1v) is 11.2. The van der Waals surface area contributed by atoms with Crippen LogP contribution in [0, 0.1) is 0 Å². The summed E-state index contributed by atoms with van der Waals surface area (Å²) < 4.78 is 30.4. The minimum Gasteiger partial charge on any atom is -0.496 e. The van der Waals surface area contributed by atoms with Gasteiger partial charge in [-0.2, -0.15) is 0 Å². The van der Waals surface area contributed by atoms with Gasteiger partial charge in [0.25, 0.3) is 0 Å². The number of hydrogen-bond acceptors (Lipinski definition) is 5. The molecule has 2 aliphatic rings. The molecule has 0 unspecified atom stereocenters. The molecule has 2 saturated heterocycles. The van der Waals surface area contributed by atoms with Crippen LogP contribution in [-0.2, 0) is 22.9 Å². The standard InChI is InChI=1S/C21H26N2O3S/c1-26-21-10-6-5-9-18(21)14-23-12-11-22(13-17-7-3-2-4-8-17)19-15-27(24,25)16-20(19)23/h2-10,19-20H,11-16H2,1H3/t19-,20+/m1/s1. The van der Waals surface area contributed by atoms with Gasteiger partial charge in [-0.3, -0.25) is 9.80 Å². The first-order chi connectivity index (χ1) is 13.1. The number of methoxy groups -OCH3 is 1. The second-order valence-electron chi connectivity index (χ2n) is 7.45. The SMILES string of the molecule is COc1ccccc1CN1CCN(Cc2ccccc2)[C@@H]2CS(=O)(=O)C[C@@H]21. The Morgan fingerprint density at radius 1 is 0.889 bits per heavy atom. The highest BCUT2D eigenvalue weighted by Gasteiger charge is 2.46. The molecule has 0 aromatic heterocycles. The molecule has 2 aromatic rings. The first kappa shape index (κ1) is 18.5. The molecule has 5 nitrogen and oxygen atoms in total. The second kappa shape index (κ2) is 7.62. The number of piperazine rings is 1. The summed E-state index contributed by atoms with van der Waals surface area (Å²) in [4.78, 5) is 4.68. The molecule has 2 aromatic carbocycles. The Labute approximate surface area is 161 Å². The first-order valence-electron chi connectivity index (χ1n) is 9.40. The number of fused-ring (bicyclic) bond motifs is 1. The summed E-state index contributed by atoms with van der Waals surface area (Å²) in [7, 11) is -1.33. The average Bonchev–Trinajstić information content (AvgIpc) is 3.01. The molecular weight excluding hydrogens is 360 g/mol. The van der Waals surface area contributed by atoms with Gasteiger partial charge >= 0.3 is 0 Å². The van der Waals surface area contributed by atoms with Crippen LogP contribution in [0.5, 0.6) is 5.75 Å². The van der Waals surface area contributed by atoms with Crippen molar-refractivity contribution < 1.29 is 13.2 Å². The van der Waals surface area contributed by atoms with E-state index >= 15 is 0 Å². The Morgan fingerprint density at radius 2 is 1.48 bits per heavy atom. The largest absolute Gasteiger partial charge is 0.496 e. The van der Waals surface area contributed by atoms with E-state index in [2.05, 4.69) is 28.0 Å². The predicted molar refractivity (Wildman–Crippen MR) is 106 cm³/mol. The highest BCUT2D eigenvalue weighted by molar-refractivity contribution is 7.91. The van der Waals surface area contributed by atoms with E-state index in [1.165, 1.54) is 5.56 Å². The third kappa shape index (κ3) is 4.03. The fourth-order valence-corrected chi connectivity index (χ4v) is 6.40. The molecule has 4 rings (SSSR count). The quantitative estimate of drug-likeness (QED) is 0.788. The summed E-state index contributed by atoms with van der Waals surface area (Å²) >= 11 is 0. The molecule has 2 atom stereocenters. The summed E-state index contributed by atoms with van der Waals surface area (Å²) in [6.07, 6.45) is 0. The third-order valence-electron chi connectivity index (χ3n) is 5.70. The smallest absolute Gasteiger partial charge is 0.153 e. The van der Waals surface area contributed by atoms with E-state index in [0.29, 0.717) is 0 Å². The van der Waals surface area contributed by atoms with Crippen LogP contribution in [0.25, 0.3) is 0 Å². The zero-order valence-corrected chi connectivity index (χ0v) is 16.4. The molecule has 0 bridgehead atoms. The van der Waals surface area contributed by atoms with Gasteiger partial charge in [0, 0.05) is 43.8 Å². The van der Waals surface area contributed by atoms with Crippen LogP contribution < -0.4 is 4.74 Å². The van der Waals surface area contributed by atoms with E-state index in [1.807, 2.05) is 36.4 Å². The minimum atomic E-state index is -3.01. The molecule has 6 heteroatoms. The zero-order valence-electron chi connectivity index (χ0n) is 15.6. The van der Waals surface area contributed by atoms with Crippen molar-refractivity contribution in [2.45, 2.75) is 25.2 Å². The maximum atomic E-state index is 12.4. The topological polar surface area (TPSA) is 49.9 Å². The van der Waals surface area contributed by atoms with Gasteiger partial charge in [0.1, 0.15) is 5.75 Å². The highest BCUT2D eigenvalue weighted by Crippen LogP contribution is 2.30. The van der Waals surface area contributed by atoms with Crippen molar-refractivity contribution >= 4 is 9.84 Å². The predicted octanol–water partition coefficient (Wildman–Crippen LogP) is 2.18. The molecule has 2 fully saturated rings. The Bertz CT molecular complexity index is 885. The number of sulfone groups is 1. The lowest BCUT2D eigenvalue weighted by molar-refractivity contribution is 0.0351. The minimum absolute atomic E-state index is 0.0392. The molecule has 2 aliphatic heterocycles. The van der Waals surface area contributed by atoms with E-state index in [1.54, 1.807) is 7.11 Å². The van der Waals surface area contributed by atoms with Crippen molar-refractivity contribution in [3.63, 3.8) is 0 Å². The monoisotopic (exact) mass is 386 g/mol. The van der Waals surface area contributed by atoms with Crippen LogP contribution in [0.1, 0.15) is 11.1 Å². The summed E-state index contributed by atoms with van der Waals surface area (Å²) in [5, 5.41) is 0. The number of nitrogens with zero attached hydrogens (tertiary/aromatic N) is 2. The fraction of sp³-hybridized carbons (Fsp3) is 0.429. The van der Waals surface area contributed by atoms with Crippen molar-refractivity contribution in [1.82, 2.24) is 9.80 Å². The number of ether oxygens (including phenoxy) is 1. The number of benzene rings is 2. The highest BCUT2D eigenvalue weighted by atomic mass is 32.2. The van der Waals surface area contributed by atoms with E-state index in [4.69, 9.17) is 4.74 Å². The summed E-state index contributed by atoms with van der Waals surface area (Å²) in [6.45, 7) is 3.27. The van der Waals surface area contributed by atoms with E-state index < -0.39 is 9.84 Å². The summed E-state index contributed by atoms with van der Waals surface area (Å²) in [5.41, 5.74) is 2.35. The Kier molecular flexibility index (Phi) is 5.21. The lowest BCUT2D eigenvalue weighted by atomic mass is 10.0. The molecule has 27 heavy (non-hydrogen) atoms. The zero-order chi connectivity index (χ0) is 18.9. The Morgan fingerprint density at radius 3 is 2.15 bits per heavy atom. The molecule has 0 amide bonds. The molecule has 0 aliphatic carbocycles. The van der Waals surface area contributed by atoms with Crippen molar-refractivity contribution in [3.8, 4) is 5.75 Å². The van der Waals surface area contributed by atoms with E-state index in [9.17, 15) is 8.42 Å². The van der Waals surface area contributed by atoms with Crippen LogP contribution in [0.4, 0.5) is 0 Å². The van der Waals surface area contributed by atoms with Gasteiger partial charge in [-0.25, -0.2) is 8.42 Å². The van der Waals surface area contributed by atoms with Gasteiger partial charge in [0.2, 0.25) is 0 Å². The second-order valence-corrected chi connectivity index (χ2v) is 9.60. The van der Waals surface area contributed by atoms with Gasteiger partial charge in [-0.1, -0.05) is 48.5 Å². The number of hydrogen-bond donors (Lipinski definition) is 0. The van der Waals surface area contributed by atoms with Crippen molar-refractivity contribution in [2.75, 3.05) is 31.7 Å². The van der Waals surface area contributed by atoms with Crippen molar-refractivity contribution in [2.24, 2.45) is 0 Å². The molecule has 144 valence electrons. The molecular formula is C21H26N2O3S. The van der Waals surface area contributed by atoms with Crippen LogP contribution in [0.15, 0.2) is 54.6 Å². The molecule has 0 spiro atoms. The maximum Gasteiger partial charge on any atom is 0.153 e. The van der Waals surface area contributed by atoms with Crippen molar-refractivity contribution in [1.29, 1.82) is 0 Å². The molecule has 0 N–H and O–H groups in total. The molecule has 2 heterocycles. The summed E-state index contributed by atoms with van der Waals surface area (Å²) in [6, 6.07) is 18.4.